The SMILES string of the molecule is CC1(C)C2C(=O)N(c3cccc(OCC(N)=S)c3)C(=O)C21. The number of benzene rings is 1. The fraction of sp³-hybridized carbons (Fsp3) is 0.400. The predicted molar refractivity (Wildman–Crippen MR) is 82.0 cm³/mol. The number of piperidine rings is 1. The smallest absolute Gasteiger partial charge is 0.238 e. The Hall–Kier alpha value is -1.95. The summed E-state index contributed by atoms with van der Waals surface area (Å²) >= 11 is 4.75. The second-order valence-electron chi connectivity index (χ2n) is 6.04. The summed E-state index contributed by atoms with van der Waals surface area (Å²) in [5.41, 5.74) is 5.72. The number of anilines is 1. The molecule has 1 aliphatic carbocycles. The van der Waals surface area contributed by atoms with E-state index in [1.165, 1.54) is 4.90 Å². The lowest BCUT2D eigenvalue weighted by atomic mass is 10.1. The maximum Gasteiger partial charge on any atom is 0.238 e. The summed E-state index contributed by atoms with van der Waals surface area (Å²) in [5.74, 6) is -0.0962. The minimum absolute atomic E-state index is 0.124. The van der Waals surface area contributed by atoms with Crippen LogP contribution in [0.3, 0.4) is 0 Å². The number of carbonyl (C=O) groups is 2. The minimum atomic E-state index is -0.204. The monoisotopic (exact) mass is 304 g/mol. The largest absolute Gasteiger partial charge is 0.486 e. The Balaban J connectivity index is 1.82. The van der Waals surface area contributed by atoms with Gasteiger partial charge in [-0.3, -0.25) is 9.59 Å². The summed E-state index contributed by atoms with van der Waals surface area (Å²) in [7, 11) is 0. The molecule has 0 bridgehead atoms. The molecule has 2 N–H and O–H groups in total. The maximum absolute atomic E-state index is 12.4. The van der Waals surface area contributed by atoms with Crippen molar-refractivity contribution in [1.82, 2.24) is 0 Å². The van der Waals surface area contributed by atoms with Crippen molar-refractivity contribution < 1.29 is 14.3 Å². The normalized spacial score (nSPS) is 25.7. The van der Waals surface area contributed by atoms with Gasteiger partial charge in [-0.05, 0) is 17.5 Å². The second kappa shape index (κ2) is 4.53. The standard InChI is InChI=1S/C15H16N2O3S/c1-15(2)11-12(15)14(19)17(13(11)18)8-4-3-5-9(6-8)20-7-10(16)21/h3-6,11-12H,7H2,1-2H3,(H2,16,21). The highest BCUT2D eigenvalue weighted by atomic mass is 32.1. The summed E-state index contributed by atoms with van der Waals surface area (Å²) in [6, 6.07) is 6.85. The summed E-state index contributed by atoms with van der Waals surface area (Å²) in [5, 5.41) is 0. The molecular weight excluding hydrogens is 288 g/mol. The van der Waals surface area contributed by atoms with Crippen LogP contribution in [0.4, 0.5) is 5.69 Å². The zero-order valence-electron chi connectivity index (χ0n) is 11.8. The topological polar surface area (TPSA) is 72.6 Å². The molecule has 1 aliphatic heterocycles. The third-order valence-corrected chi connectivity index (χ3v) is 4.37. The molecule has 6 heteroatoms. The van der Waals surface area contributed by atoms with Gasteiger partial charge in [0, 0.05) is 6.07 Å². The van der Waals surface area contributed by atoms with E-state index in [0.29, 0.717) is 11.4 Å². The second-order valence-corrected chi connectivity index (χ2v) is 6.57. The lowest BCUT2D eigenvalue weighted by molar-refractivity contribution is -0.125. The third kappa shape index (κ3) is 2.10. The molecule has 1 aromatic rings. The van der Waals surface area contributed by atoms with Crippen LogP contribution in [-0.2, 0) is 9.59 Å². The minimum Gasteiger partial charge on any atom is -0.486 e. The molecule has 5 nitrogen and oxygen atoms in total. The molecule has 1 heterocycles. The number of imide groups is 1. The van der Waals surface area contributed by atoms with Crippen LogP contribution >= 0.6 is 12.2 Å². The van der Waals surface area contributed by atoms with Crippen LogP contribution in [0.5, 0.6) is 5.75 Å². The molecule has 0 radical (unpaired) electrons. The number of nitrogens with zero attached hydrogens (tertiary/aromatic N) is 1. The number of hydrogen-bond donors (Lipinski definition) is 1. The van der Waals surface area contributed by atoms with Crippen molar-refractivity contribution in [2.75, 3.05) is 11.5 Å². The van der Waals surface area contributed by atoms with Crippen molar-refractivity contribution in [2.24, 2.45) is 23.0 Å². The Morgan fingerprint density at radius 2 is 1.95 bits per heavy atom. The van der Waals surface area contributed by atoms with E-state index < -0.39 is 0 Å². The van der Waals surface area contributed by atoms with E-state index in [0.717, 1.165) is 0 Å². The highest BCUT2D eigenvalue weighted by Gasteiger charge is 2.72. The van der Waals surface area contributed by atoms with Crippen molar-refractivity contribution >= 4 is 34.7 Å². The highest BCUT2D eigenvalue weighted by Crippen LogP contribution is 2.63. The molecule has 3 rings (SSSR count). The first-order valence-corrected chi connectivity index (χ1v) is 7.14. The van der Waals surface area contributed by atoms with Crippen molar-refractivity contribution in [3.8, 4) is 5.75 Å². The average molecular weight is 304 g/mol. The molecule has 2 fully saturated rings. The van der Waals surface area contributed by atoms with Crippen molar-refractivity contribution in [3.05, 3.63) is 24.3 Å². The number of thiocarbonyl (C=S) groups is 1. The molecule has 0 spiro atoms. The third-order valence-electron chi connectivity index (χ3n) is 4.26. The number of hydrogen-bond acceptors (Lipinski definition) is 4. The fourth-order valence-corrected chi connectivity index (χ4v) is 3.13. The Labute approximate surface area is 128 Å². The van der Waals surface area contributed by atoms with Crippen molar-refractivity contribution in [2.45, 2.75) is 13.8 Å². The van der Waals surface area contributed by atoms with E-state index in [2.05, 4.69) is 0 Å². The van der Waals surface area contributed by atoms with E-state index in [-0.39, 0.29) is 40.7 Å². The van der Waals surface area contributed by atoms with Gasteiger partial charge in [0.2, 0.25) is 11.8 Å². The average Bonchev–Trinajstić information content (AvgIpc) is 2.87. The molecule has 2 unspecified atom stereocenters. The summed E-state index contributed by atoms with van der Waals surface area (Å²) in [6.07, 6.45) is 0. The van der Waals surface area contributed by atoms with Gasteiger partial charge in [-0.15, -0.1) is 0 Å². The first kappa shape index (κ1) is 14.0. The van der Waals surface area contributed by atoms with Gasteiger partial charge in [0.05, 0.1) is 17.5 Å². The van der Waals surface area contributed by atoms with Gasteiger partial charge >= 0.3 is 0 Å². The van der Waals surface area contributed by atoms with Crippen LogP contribution in [0.15, 0.2) is 24.3 Å². The summed E-state index contributed by atoms with van der Waals surface area (Å²) in [6.45, 7) is 4.04. The van der Waals surface area contributed by atoms with Crippen LogP contribution in [0.25, 0.3) is 0 Å². The molecule has 2 amide bonds. The first-order chi connectivity index (χ1) is 9.84. The van der Waals surface area contributed by atoms with Crippen LogP contribution in [0, 0.1) is 17.3 Å². The van der Waals surface area contributed by atoms with Crippen LogP contribution in [0.2, 0.25) is 0 Å². The zero-order valence-corrected chi connectivity index (χ0v) is 12.6. The van der Waals surface area contributed by atoms with Gasteiger partial charge in [-0.25, -0.2) is 4.90 Å². The zero-order chi connectivity index (χ0) is 15.4. The Bertz CT molecular complexity index is 632. The molecule has 1 saturated carbocycles. The van der Waals surface area contributed by atoms with E-state index in [1.807, 2.05) is 13.8 Å². The van der Waals surface area contributed by atoms with Crippen molar-refractivity contribution in [1.29, 1.82) is 0 Å². The van der Waals surface area contributed by atoms with Gasteiger partial charge in [0.25, 0.3) is 0 Å². The van der Waals surface area contributed by atoms with E-state index in [1.54, 1.807) is 24.3 Å². The van der Waals surface area contributed by atoms with Crippen LogP contribution in [-0.4, -0.2) is 23.4 Å². The molecule has 2 aliphatic rings. The first-order valence-electron chi connectivity index (χ1n) is 6.73. The van der Waals surface area contributed by atoms with E-state index >= 15 is 0 Å². The highest BCUT2D eigenvalue weighted by molar-refractivity contribution is 7.80. The lowest BCUT2D eigenvalue weighted by Crippen LogP contribution is -2.36. The number of nitrogens with two attached hydrogens (primary N) is 1. The van der Waals surface area contributed by atoms with E-state index in [4.69, 9.17) is 22.7 Å². The van der Waals surface area contributed by atoms with Gasteiger partial charge in [0.15, 0.2) is 0 Å². The Morgan fingerprint density at radius 3 is 2.52 bits per heavy atom. The van der Waals surface area contributed by atoms with Gasteiger partial charge in [-0.2, -0.15) is 0 Å². The van der Waals surface area contributed by atoms with E-state index in [9.17, 15) is 9.59 Å². The molecule has 110 valence electrons. The fourth-order valence-electron chi connectivity index (χ4n) is 3.07. The Kier molecular flexibility index (Phi) is 3.02. The van der Waals surface area contributed by atoms with Crippen LogP contribution < -0.4 is 15.4 Å². The molecule has 1 saturated heterocycles. The number of rotatable bonds is 4. The summed E-state index contributed by atoms with van der Waals surface area (Å²) < 4.78 is 5.40. The maximum atomic E-state index is 12.4. The lowest BCUT2D eigenvalue weighted by Gasteiger charge is -2.21. The molecule has 1 aromatic carbocycles. The molecular formula is C15H16N2O3S. The number of amides is 2. The quantitative estimate of drug-likeness (QED) is 0.674. The molecule has 21 heavy (non-hydrogen) atoms. The Morgan fingerprint density at radius 1 is 1.33 bits per heavy atom. The van der Waals surface area contributed by atoms with Gasteiger partial charge in [-0.1, -0.05) is 32.1 Å². The van der Waals surface area contributed by atoms with Gasteiger partial charge in [0.1, 0.15) is 17.3 Å². The van der Waals surface area contributed by atoms with Gasteiger partial charge < -0.3 is 10.5 Å². The molecule has 0 aromatic heterocycles. The number of fused-ring (bicyclic) bond motifs is 1. The summed E-state index contributed by atoms with van der Waals surface area (Å²) in [4.78, 5) is 26.3. The predicted octanol–water partition coefficient (Wildman–Crippen LogP) is 1.50. The van der Waals surface area contributed by atoms with Crippen molar-refractivity contribution in [3.63, 3.8) is 0 Å². The molecule has 2 atom stereocenters. The number of carbonyl (C=O) groups excluding carboxylic acids is 2. The van der Waals surface area contributed by atoms with Crippen LogP contribution in [0.1, 0.15) is 13.8 Å². The number of ether oxygens (including phenoxy) is 1.